The molecule has 0 fully saturated rings. The maximum Gasteiger partial charge on any atom is 0.306 e. The molecular weight excluding hydrogens is 1010 g/mol. The third-order valence-electron chi connectivity index (χ3n) is 16.9. The lowest BCUT2D eigenvalue weighted by atomic mass is 10.0. The molecule has 0 saturated carbocycles. The van der Waals surface area contributed by atoms with Crippen LogP contribution in [0.3, 0.4) is 0 Å². The van der Waals surface area contributed by atoms with Gasteiger partial charge in [-0.25, -0.2) is 0 Å². The van der Waals surface area contributed by atoms with Gasteiger partial charge in [-0.05, 0) is 51.4 Å². The Morgan fingerprint density at radius 1 is 0.256 bits per heavy atom. The van der Waals surface area contributed by atoms with Crippen molar-refractivity contribution in [2.24, 2.45) is 0 Å². The number of unbranched alkanes of at least 4 members (excludes halogenated alkanes) is 52. The van der Waals surface area contributed by atoms with Crippen LogP contribution in [0.2, 0.25) is 0 Å². The minimum Gasteiger partial charge on any atom is -0.462 e. The molecule has 0 aromatic rings. The average Bonchev–Trinajstić information content (AvgIpc) is 3.47. The maximum atomic E-state index is 12.9. The van der Waals surface area contributed by atoms with E-state index in [2.05, 4.69) is 57.2 Å². The Kier molecular flexibility index (Phi) is 69.1. The zero-order valence-electron chi connectivity index (χ0n) is 55.5. The molecule has 0 bridgehead atoms. The number of carbonyl (C=O) groups excluding carboxylic acids is 3. The van der Waals surface area contributed by atoms with Crippen molar-refractivity contribution in [2.45, 2.75) is 419 Å². The fourth-order valence-corrected chi connectivity index (χ4v) is 11.4. The fourth-order valence-electron chi connectivity index (χ4n) is 11.4. The molecule has 82 heavy (non-hydrogen) atoms. The zero-order valence-corrected chi connectivity index (χ0v) is 55.5. The molecule has 0 rings (SSSR count). The number of carbonyl (C=O) groups is 3. The summed E-state index contributed by atoms with van der Waals surface area (Å²) in [5.41, 5.74) is 0. The molecule has 482 valence electrons. The number of ether oxygens (including phenoxy) is 3. The number of rotatable bonds is 69. The van der Waals surface area contributed by atoms with Crippen molar-refractivity contribution in [3.05, 3.63) is 36.5 Å². The van der Waals surface area contributed by atoms with Gasteiger partial charge in [0.1, 0.15) is 13.2 Å². The van der Waals surface area contributed by atoms with Crippen LogP contribution in [0, 0.1) is 0 Å². The van der Waals surface area contributed by atoms with Crippen LogP contribution < -0.4 is 0 Å². The summed E-state index contributed by atoms with van der Waals surface area (Å²) in [4.78, 5) is 38.5. The Morgan fingerprint density at radius 2 is 0.476 bits per heavy atom. The molecule has 6 nitrogen and oxygen atoms in total. The van der Waals surface area contributed by atoms with E-state index in [0.29, 0.717) is 19.3 Å². The average molecular weight is 1150 g/mol. The lowest BCUT2D eigenvalue weighted by Gasteiger charge is -2.18. The third kappa shape index (κ3) is 68.4. The van der Waals surface area contributed by atoms with E-state index in [1.54, 1.807) is 0 Å². The largest absolute Gasteiger partial charge is 0.462 e. The van der Waals surface area contributed by atoms with Crippen LogP contribution in [0.1, 0.15) is 412 Å². The molecule has 0 aromatic heterocycles. The van der Waals surface area contributed by atoms with Crippen molar-refractivity contribution in [2.75, 3.05) is 13.2 Å². The summed E-state index contributed by atoms with van der Waals surface area (Å²) in [5.74, 6) is -0.848. The Balaban J connectivity index is 4.18. The van der Waals surface area contributed by atoms with Crippen molar-refractivity contribution < 1.29 is 28.6 Å². The van der Waals surface area contributed by atoms with Crippen molar-refractivity contribution in [1.29, 1.82) is 0 Å². The molecule has 6 heteroatoms. The summed E-state index contributed by atoms with van der Waals surface area (Å²) >= 11 is 0. The van der Waals surface area contributed by atoms with E-state index >= 15 is 0 Å². The molecule has 0 saturated heterocycles. The lowest BCUT2D eigenvalue weighted by molar-refractivity contribution is -0.167. The van der Waals surface area contributed by atoms with E-state index in [9.17, 15) is 14.4 Å². The number of hydrogen-bond donors (Lipinski definition) is 0. The van der Waals surface area contributed by atoms with Gasteiger partial charge in [-0.3, -0.25) is 14.4 Å². The van der Waals surface area contributed by atoms with Gasteiger partial charge in [-0.2, -0.15) is 0 Å². The fraction of sp³-hybridized carbons (Fsp3) is 0.882. The molecule has 0 aromatic carbocycles. The summed E-state index contributed by atoms with van der Waals surface area (Å²) in [7, 11) is 0. The first-order valence-corrected chi connectivity index (χ1v) is 37.0. The molecular formula is C76H142O6. The summed E-state index contributed by atoms with van der Waals surface area (Å²) in [6.45, 7) is 6.61. The van der Waals surface area contributed by atoms with Gasteiger partial charge in [0.25, 0.3) is 0 Å². The molecule has 0 aliphatic rings. The van der Waals surface area contributed by atoms with Gasteiger partial charge in [-0.1, -0.05) is 378 Å². The van der Waals surface area contributed by atoms with Gasteiger partial charge in [0.15, 0.2) is 6.10 Å². The van der Waals surface area contributed by atoms with Crippen molar-refractivity contribution in [1.82, 2.24) is 0 Å². The van der Waals surface area contributed by atoms with Crippen molar-refractivity contribution >= 4 is 17.9 Å². The predicted octanol–water partition coefficient (Wildman–Crippen LogP) is 25.5. The highest BCUT2D eigenvalue weighted by Gasteiger charge is 2.20. The molecule has 0 N–H and O–H groups in total. The Morgan fingerprint density at radius 3 is 0.744 bits per heavy atom. The highest BCUT2D eigenvalue weighted by atomic mass is 16.6. The minimum atomic E-state index is -0.776. The van der Waals surface area contributed by atoms with Crippen LogP contribution in [0.4, 0.5) is 0 Å². The molecule has 0 heterocycles. The van der Waals surface area contributed by atoms with Crippen molar-refractivity contribution in [3.63, 3.8) is 0 Å². The van der Waals surface area contributed by atoms with Crippen LogP contribution in [0.25, 0.3) is 0 Å². The number of hydrogen-bond acceptors (Lipinski definition) is 6. The Bertz CT molecular complexity index is 1370. The summed E-state index contributed by atoms with van der Waals surface area (Å²) < 4.78 is 17.0. The third-order valence-corrected chi connectivity index (χ3v) is 16.9. The van der Waals surface area contributed by atoms with Crippen LogP contribution in [0.5, 0.6) is 0 Å². The zero-order chi connectivity index (χ0) is 59.2. The first kappa shape index (κ1) is 79.6. The molecule has 1 unspecified atom stereocenters. The van der Waals surface area contributed by atoms with Crippen LogP contribution in [-0.4, -0.2) is 37.2 Å². The first-order valence-electron chi connectivity index (χ1n) is 37.0. The number of esters is 3. The second-order valence-corrected chi connectivity index (χ2v) is 25.2. The molecule has 1 atom stereocenters. The summed E-state index contributed by atoms with van der Waals surface area (Å²) in [6, 6.07) is 0. The van der Waals surface area contributed by atoms with Crippen LogP contribution >= 0.6 is 0 Å². The summed E-state index contributed by atoms with van der Waals surface area (Å²) in [5, 5.41) is 0. The topological polar surface area (TPSA) is 78.9 Å². The summed E-state index contributed by atoms with van der Waals surface area (Å²) in [6.07, 6.45) is 89.1. The highest BCUT2D eigenvalue weighted by molar-refractivity contribution is 5.71. The smallest absolute Gasteiger partial charge is 0.306 e. The quantitative estimate of drug-likeness (QED) is 0.0261. The van der Waals surface area contributed by atoms with E-state index in [0.717, 1.165) is 83.5 Å². The first-order chi connectivity index (χ1) is 40.5. The second-order valence-electron chi connectivity index (χ2n) is 25.2. The van der Waals surface area contributed by atoms with Gasteiger partial charge < -0.3 is 14.2 Å². The normalized spacial score (nSPS) is 12.2. The van der Waals surface area contributed by atoms with Gasteiger partial charge in [-0.15, -0.1) is 0 Å². The van der Waals surface area contributed by atoms with Gasteiger partial charge >= 0.3 is 17.9 Å². The van der Waals surface area contributed by atoms with Crippen LogP contribution in [0.15, 0.2) is 36.5 Å². The molecule has 0 aliphatic heterocycles. The molecule has 0 radical (unpaired) electrons. The van der Waals surface area contributed by atoms with Gasteiger partial charge in [0.05, 0.1) is 0 Å². The predicted molar refractivity (Wildman–Crippen MR) is 358 cm³/mol. The monoisotopic (exact) mass is 1150 g/mol. The van der Waals surface area contributed by atoms with E-state index < -0.39 is 6.10 Å². The molecule has 0 spiro atoms. The van der Waals surface area contributed by atoms with Crippen molar-refractivity contribution in [3.8, 4) is 0 Å². The highest BCUT2D eigenvalue weighted by Crippen LogP contribution is 2.19. The van der Waals surface area contributed by atoms with Gasteiger partial charge in [0, 0.05) is 19.3 Å². The Labute approximate surface area is 512 Å². The van der Waals surface area contributed by atoms with Gasteiger partial charge in [0.2, 0.25) is 0 Å². The van der Waals surface area contributed by atoms with Crippen LogP contribution in [-0.2, 0) is 28.6 Å². The van der Waals surface area contributed by atoms with E-state index in [4.69, 9.17) is 14.2 Å². The molecule has 0 amide bonds. The standard InChI is InChI=1S/C76H142O6/c1-4-7-10-13-16-19-22-25-28-31-32-33-34-35-36-37-38-39-40-41-42-43-46-48-51-54-57-60-63-66-69-75(78)81-72-73(82-76(79)70-67-64-61-58-55-52-49-45-30-27-24-21-18-15-12-9-6-3)71-80-74(77)68-65-62-59-56-53-50-47-44-29-26-23-20-17-14-11-8-5-2/h9,12,18,21,27,30,73H,4-8,10-11,13-17,19-20,22-26,28-29,31-72H2,1-3H3/b12-9-,21-18-,30-27-. The minimum absolute atomic E-state index is 0.0703. The number of allylic oxidation sites excluding steroid dienone is 6. The SMILES string of the molecule is CC/C=C\C/C=C\C/C=C\CCCCCCCCCC(=O)OC(COC(=O)CCCCCCCCCCCCCCCCCCC)COC(=O)CCCCCCCCCCCCCCCCCCCCCCCCCCCCCCCC. The molecule has 0 aliphatic carbocycles. The second kappa shape index (κ2) is 71.1. The lowest BCUT2D eigenvalue weighted by Crippen LogP contribution is -2.30. The van der Waals surface area contributed by atoms with E-state index in [1.165, 1.54) is 289 Å². The Hall–Kier alpha value is -2.37. The van der Waals surface area contributed by atoms with E-state index in [-0.39, 0.29) is 31.1 Å². The van der Waals surface area contributed by atoms with E-state index in [1.807, 2.05) is 0 Å². The maximum absolute atomic E-state index is 12.9.